The van der Waals surface area contributed by atoms with E-state index in [0.717, 1.165) is 35.2 Å². The van der Waals surface area contributed by atoms with Gasteiger partial charge in [-0.15, -0.1) is 10.2 Å². The molecule has 0 amide bonds. The van der Waals surface area contributed by atoms with Gasteiger partial charge in [-0.1, -0.05) is 43.7 Å². The fourth-order valence-electron chi connectivity index (χ4n) is 3.08. The molecular weight excluding hydrogens is 408 g/mol. The molecule has 2 heterocycles. The smallest absolute Gasteiger partial charge is 0.216 e. The summed E-state index contributed by atoms with van der Waals surface area (Å²) >= 11 is 0. The normalized spacial score (nSPS) is 12.5. The minimum atomic E-state index is -0.714. The van der Waals surface area contributed by atoms with Crippen molar-refractivity contribution in [3.63, 3.8) is 0 Å². The standard InChI is InChI=1S/C22H28N8O2/c1-4-5-12-24-19(26-20(23)22(31-2)32-3)13-15-10-11-18(25-14-15)16-8-6-7-9-17(16)21-27-29-30-28-21/h6-11,14,22H,4-5,12-13H2,1-3H3,(H2,23,24,26)(H,27,28,29,30). The van der Waals surface area contributed by atoms with Crippen LogP contribution in [-0.2, 0) is 15.9 Å². The van der Waals surface area contributed by atoms with Crippen LogP contribution in [0.25, 0.3) is 22.6 Å². The molecule has 168 valence electrons. The van der Waals surface area contributed by atoms with E-state index in [1.807, 2.05) is 42.6 Å². The lowest BCUT2D eigenvalue weighted by molar-refractivity contribution is -0.0526. The molecular formula is C22H28N8O2. The number of hydrogen-bond acceptors (Lipinski definition) is 7. The van der Waals surface area contributed by atoms with Crippen molar-refractivity contribution in [3.05, 3.63) is 48.2 Å². The first kappa shape index (κ1) is 23.2. The second kappa shape index (κ2) is 11.8. The Morgan fingerprint density at radius 1 is 1.12 bits per heavy atom. The predicted octanol–water partition coefficient (Wildman–Crippen LogP) is 2.65. The number of nitrogens with zero attached hydrogens (tertiary/aromatic N) is 6. The fraction of sp³-hybridized carbons (Fsp3) is 0.364. The first-order chi connectivity index (χ1) is 15.7. The van der Waals surface area contributed by atoms with Crippen LogP contribution in [-0.4, -0.2) is 64.3 Å². The lowest BCUT2D eigenvalue weighted by Gasteiger charge is -2.13. The molecule has 3 rings (SSSR count). The Kier molecular flexibility index (Phi) is 8.52. The average Bonchev–Trinajstić information content (AvgIpc) is 3.35. The summed E-state index contributed by atoms with van der Waals surface area (Å²) in [5, 5.41) is 14.3. The zero-order chi connectivity index (χ0) is 22.8. The maximum absolute atomic E-state index is 6.04. The number of amidine groups is 2. The number of benzene rings is 1. The van der Waals surface area contributed by atoms with E-state index in [-0.39, 0.29) is 5.84 Å². The summed E-state index contributed by atoms with van der Waals surface area (Å²) in [6.07, 6.45) is 3.61. The Balaban J connectivity index is 1.83. The summed E-state index contributed by atoms with van der Waals surface area (Å²) in [7, 11) is 3.03. The highest BCUT2D eigenvalue weighted by Crippen LogP contribution is 2.28. The van der Waals surface area contributed by atoms with E-state index >= 15 is 0 Å². The number of unbranched alkanes of at least 4 members (excludes halogenated alkanes) is 1. The number of aromatic amines is 1. The van der Waals surface area contributed by atoms with E-state index in [2.05, 4.69) is 42.5 Å². The number of ether oxygens (including phenoxy) is 2. The molecule has 0 saturated heterocycles. The Morgan fingerprint density at radius 2 is 1.91 bits per heavy atom. The van der Waals surface area contributed by atoms with Gasteiger partial charge in [0.25, 0.3) is 0 Å². The maximum Gasteiger partial charge on any atom is 0.216 e. The van der Waals surface area contributed by atoms with Gasteiger partial charge in [0, 0.05) is 44.5 Å². The largest absolute Gasteiger partial charge is 0.383 e. The van der Waals surface area contributed by atoms with Gasteiger partial charge >= 0.3 is 0 Å². The first-order valence-corrected chi connectivity index (χ1v) is 10.4. The van der Waals surface area contributed by atoms with Gasteiger partial charge < -0.3 is 15.2 Å². The first-order valence-electron chi connectivity index (χ1n) is 10.4. The molecule has 0 fully saturated rings. The highest BCUT2D eigenvalue weighted by atomic mass is 16.7. The zero-order valence-corrected chi connectivity index (χ0v) is 18.5. The van der Waals surface area contributed by atoms with Gasteiger partial charge in [0.15, 0.2) is 5.84 Å². The van der Waals surface area contributed by atoms with Crippen molar-refractivity contribution in [2.75, 3.05) is 20.8 Å². The lowest BCUT2D eigenvalue weighted by atomic mass is 10.0. The SMILES string of the molecule is CCCCN=C(Cc1ccc(-c2ccccc2-c2nn[nH]n2)nc1)N=C(N)C(OC)OC. The molecule has 1 aromatic carbocycles. The van der Waals surface area contributed by atoms with Gasteiger partial charge in [0.05, 0.1) is 5.69 Å². The minimum Gasteiger partial charge on any atom is -0.383 e. The van der Waals surface area contributed by atoms with Crippen molar-refractivity contribution in [3.8, 4) is 22.6 Å². The van der Waals surface area contributed by atoms with Gasteiger partial charge in [-0.25, -0.2) is 4.99 Å². The van der Waals surface area contributed by atoms with E-state index in [1.165, 1.54) is 14.2 Å². The van der Waals surface area contributed by atoms with Crippen LogP contribution in [0.3, 0.4) is 0 Å². The Morgan fingerprint density at radius 3 is 2.53 bits per heavy atom. The van der Waals surface area contributed by atoms with Crippen LogP contribution >= 0.6 is 0 Å². The Bertz CT molecular complexity index is 1030. The minimum absolute atomic E-state index is 0.226. The van der Waals surface area contributed by atoms with Gasteiger partial charge in [0.2, 0.25) is 12.1 Å². The molecule has 10 heteroatoms. The third-order valence-corrected chi connectivity index (χ3v) is 4.71. The molecule has 0 aliphatic carbocycles. The van der Waals surface area contributed by atoms with Crippen LogP contribution in [0, 0.1) is 0 Å². The second-order valence-corrected chi connectivity index (χ2v) is 7.00. The highest BCUT2D eigenvalue weighted by molar-refractivity contribution is 5.98. The van der Waals surface area contributed by atoms with Gasteiger partial charge in [-0.3, -0.25) is 9.98 Å². The van der Waals surface area contributed by atoms with Crippen LogP contribution in [0.15, 0.2) is 52.6 Å². The van der Waals surface area contributed by atoms with Gasteiger partial charge in [-0.2, -0.15) is 5.21 Å². The van der Waals surface area contributed by atoms with Crippen LogP contribution in [0.1, 0.15) is 25.3 Å². The summed E-state index contributed by atoms with van der Waals surface area (Å²) in [4.78, 5) is 13.7. The van der Waals surface area contributed by atoms with Crippen LogP contribution in [0.4, 0.5) is 0 Å². The molecule has 0 bridgehead atoms. The number of H-pyrrole nitrogens is 1. The molecule has 0 saturated carbocycles. The summed E-state index contributed by atoms with van der Waals surface area (Å²) in [6.45, 7) is 2.80. The number of hydrogen-bond donors (Lipinski definition) is 2. The number of nitrogens with one attached hydrogen (secondary N) is 1. The van der Waals surface area contributed by atoms with Gasteiger partial charge in [-0.05, 0) is 23.3 Å². The highest BCUT2D eigenvalue weighted by Gasteiger charge is 2.14. The van der Waals surface area contributed by atoms with Crippen molar-refractivity contribution in [1.29, 1.82) is 0 Å². The number of nitrogens with two attached hydrogens (primary N) is 1. The number of pyridine rings is 1. The van der Waals surface area contributed by atoms with E-state index in [9.17, 15) is 0 Å². The summed E-state index contributed by atoms with van der Waals surface area (Å²) in [6, 6.07) is 11.8. The molecule has 0 spiro atoms. The van der Waals surface area contributed by atoms with Crippen molar-refractivity contribution >= 4 is 11.7 Å². The van der Waals surface area contributed by atoms with E-state index in [1.54, 1.807) is 0 Å². The second-order valence-electron chi connectivity index (χ2n) is 7.00. The third-order valence-electron chi connectivity index (χ3n) is 4.71. The molecule has 3 N–H and O–H groups in total. The fourth-order valence-corrected chi connectivity index (χ4v) is 3.08. The molecule has 0 unspecified atom stereocenters. The zero-order valence-electron chi connectivity index (χ0n) is 18.5. The summed E-state index contributed by atoms with van der Waals surface area (Å²) in [5.41, 5.74) is 9.58. The molecule has 10 nitrogen and oxygen atoms in total. The quantitative estimate of drug-likeness (QED) is 0.216. The lowest BCUT2D eigenvalue weighted by Crippen LogP contribution is -2.33. The number of tetrazole rings is 1. The molecule has 0 atom stereocenters. The van der Waals surface area contributed by atoms with E-state index in [4.69, 9.17) is 15.2 Å². The monoisotopic (exact) mass is 436 g/mol. The molecule has 0 aliphatic rings. The van der Waals surface area contributed by atoms with Gasteiger partial charge in [0.1, 0.15) is 5.84 Å². The predicted molar refractivity (Wildman–Crippen MR) is 123 cm³/mol. The maximum atomic E-state index is 6.04. The third kappa shape index (κ3) is 6.02. The Labute approximate surface area is 187 Å². The van der Waals surface area contributed by atoms with E-state index < -0.39 is 6.29 Å². The van der Waals surface area contributed by atoms with Crippen molar-refractivity contribution in [2.45, 2.75) is 32.5 Å². The number of aliphatic imine (C=N–C) groups is 2. The van der Waals surface area contributed by atoms with Crippen molar-refractivity contribution in [1.82, 2.24) is 25.6 Å². The molecule has 32 heavy (non-hydrogen) atoms. The number of methoxy groups -OCH3 is 2. The molecule has 2 aromatic heterocycles. The molecule has 0 aliphatic heterocycles. The summed E-state index contributed by atoms with van der Waals surface area (Å²) in [5.74, 6) is 1.35. The topological polar surface area (TPSA) is 137 Å². The number of aromatic nitrogens is 5. The molecule has 0 radical (unpaired) electrons. The summed E-state index contributed by atoms with van der Waals surface area (Å²) < 4.78 is 10.4. The Hall–Kier alpha value is -3.50. The van der Waals surface area contributed by atoms with Crippen molar-refractivity contribution < 1.29 is 9.47 Å². The van der Waals surface area contributed by atoms with Crippen LogP contribution in [0.2, 0.25) is 0 Å². The average molecular weight is 437 g/mol. The van der Waals surface area contributed by atoms with Crippen LogP contribution in [0.5, 0.6) is 0 Å². The van der Waals surface area contributed by atoms with E-state index in [0.29, 0.717) is 24.6 Å². The number of rotatable bonds is 10. The molecule has 3 aromatic rings. The van der Waals surface area contributed by atoms with Crippen molar-refractivity contribution in [2.24, 2.45) is 15.7 Å². The van der Waals surface area contributed by atoms with Crippen LogP contribution < -0.4 is 5.73 Å².